The van der Waals surface area contributed by atoms with Crippen LogP contribution in [-0.4, -0.2) is 43.9 Å². The lowest BCUT2D eigenvalue weighted by Gasteiger charge is -2.35. The summed E-state index contributed by atoms with van der Waals surface area (Å²) in [5, 5.41) is 0. The number of anilines is 1. The maximum absolute atomic E-state index is 12.9. The molecule has 0 atom stereocenters. The monoisotopic (exact) mass is 359 g/mol. The first-order chi connectivity index (χ1) is 11.8. The molecule has 1 aliphatic heterocycles. The van der Waals surface area contributed by atoms with Crippen LogP contribution in [0.25, 0.3) is 0 Å². The molecule has 0 saturated carbocycles. The Morgan fingerprint density at radius 2 is 1.44 bits per heavy atom. The molecule has 1 aromatic carbocycles. The van der Waals surface area contributed by atoms with E-state index in [0.29, 0.717) is 31.1 Å². The second-order valence-corrected chi connectivity index (χ2v) is 9.31. The van der Waals surface area contributed by atoms with E-state index in [1.54, 1.807) is 28.8 Å². The summed E-state index contributed by atoms with van der Waals surface area (Å²) in [6.07, 6.45) is 3.52. The molecule has 0 spiro atoms. The van der Waals surface area contributed by atoms with Crippen molar-refractivity contribution in [2.75, 3.05) is 31.1 Å². The van der Waals surface area contributed by atoms with Gasteiger partial charge in [-0.1, -0.05) is 32.9 Å². The quantitative estimate of drug-likeness (QED) is 0.846. The van der Waals surface area contributed by atoms with Gasteiger partial charge in [0, 0.05) is 44.3 Å². The van der Waals surface area contributed by atoms with E-state index in [-0.39, 0.29) is 5.41 Å². The van der Waals surface area contributed by atoms with Gasteiger partial charge in [-0.15, -0.1) is 0 Å². The predicted octanol–water partition coefficient (Wildman–Crippen LogP) is 2.89. The number of hydrogen-bond donors (Lipinski definition) is 0. The second kappa shape index (κ2) is 6.77. The van der Waals surface area contributed by atoms with Gasteiger partial charge in [-0.2, -0.15) is 4.31 Å². The van der Waals surface area contributed by atoms with Crippen molar-refractivity contribution in [2.45, 2.75) is 31.1 Å². The van der Waals surface area contributed by atoms with Crippen molar-refractivity contribution in [1.82, 2.24) is 9.29 Å². The maximum atomic E-state index is 12.9. The molecular formula is C19H25N3O2S. The van der Waals surface area contributed by atoms with Crippen molar-refractivity contribution < 1.29 is 8.42 Å². The number of pyridine rings is 1. The Balaban J connectivity index is 1.72. The summed E-state index contributed by atoms with van der Waals surface area (Å²) in [7, 11) is -3.44. The number of hydrogen-bond acceptors (Lipinski definition) is 4. The molecule has 0 bridgehead atoms. The first-order valence-electron chi connectivity index (χ1n) is 8.54. The molecule has 0 aliphatic carbocycles. The third-order valence-electron chi connectivity index (χ3n) is 4.62. The molecule has 2 heterocycles. The smallest absolute Gasteiger partial charge is 0.243 e. The van der Waals surface area contributed by atoms with Crippen LogP contribution in [-0.2, 0) is 15.4 Å². The highest BCUT2D eigenvalue weighted by atomic mass is 32.2. The Labute approximate surface area is 150 Å². The standard InChI is InChI=1S/C19H25N3O2S/c1-19(2,3)16-4-6-18(7-5-16)25(23,24)22-14-12-21(13-15-22)17-8-10-20-11-9-17/h4-11H,12-15H2,1-3H3. The minimum Gasteiger partial charge on any atom is -0.369 e. The maximum Gasteiger partial charge on any atom is 0.243 e. The van der Waals surface area contributed by atoms with Crippen molar-refractivity contribution in [2.24, 2.45) is 0 Å². The molecule has 1 fully saturated rings. The largest absolute Gasteiger partial charge is 0.369 e. The molecule has 1 aliphatic rings. The number of piperazine rings is 1. The summed E-state index contributed by atoms with van der Waals surface area (Å²) in [5.74, 6) is 0. The highest BCUT2D eigenvalue weighted by molar-refractivity contribution is 7.89. The van der Waals surface area contributed by atoms with Gasteiger partial charge in [0.05, 0.1) is 4.90 Å². The van der Waals surface area contributed by atoms with E-state index < -0.39 is 10.0 Å². The average molecular weight is 359 g/mol. The molecule has 0 amide bonds. The van der Waals surface area contributed by atoms with Gasteiger partial charge in [0.15, 0.2) is 0 Å². The molecule has 0 N–H and O–H groups in total. The molecule has 25 heavy (non-hydrogen) atoms. The minimum absolute atomic E-state index is 0.0124. The number of aromatic nitrogens is 1. The Hall–Kier alpha value is -1.92. The lowest BCUT2D eigenvalue weighted by Crippen LogP contribution is -2.48. The van der Waals surface area contributed by atoms with Crippen LogP contribution in [0.2, 0.25) is 0 Å². The van der Waals surface area contributed by atoms with Crippen LogP contribution in [0.1, 0.15) is 26.3 Å². The van der Waals surface area contributed by atoms with Crippen molar-refractivity contribution in [3.05, 3.63) is 54.4 Å². The highest BCUT2D eigenvalue weighted by Crippen LogP contribution is 2.25. The Kier molecular flexibility index (Phi) is 4.84. The van der Waals surface area contributed by atoms with Crippen molar-refractivity contribution in [3.8, 4) is 0 Å². The zero-order valence-electron chi connectivity index (χ0n) is 15.0. The fourth-order valence-corrected chi connectivity index (χ4v) is 4.44. The van der Waals surface area contributed by atoms with Gasteiger partial charge in [-0.3, -0.25) is 4.98 Å². The third-order valence-corrected chi connectivity index (χ3v) is 6.54. The van der Waals surface area contributed by atoms with Crippen LogP contribution in [0.4, 0.5) is 5.69 Å². The van der Waals surface area contributed by atoms with Crippen LogP contribution in [0.3, 0.4) is 0 Å². The van der Waals surface area contributed by atoms with E-state index in [2.05, 4.69) is 30.7 Å². The van der Waals surface area contributed by atoms with Gasteiger partial charge in [-0.25, -0.2) is 8.42 Å². The summed E-state index contributed by atoms with van der Waals surface area (Å²) < 4.78 is 27.4. The number of sulfonamides is 1. The summed E-state index contributed by atoms with van der Waals surface area (Å²) in [6.45, 7) is 8.71. The van der Waals surface area contributed by atoms with Gasteiger partial charge < -0.3 is 4.90 Å². The molecule has 1 aromatic heterocycles. The van der Waals surface area contributed by atoms with Gasteiger partial charge in [0.1, 0.15) is 0 Å². The molecule has 3 rings (SSSR count). The molecule has 1 saturated heterocycles. The van der Waals surface area contributed by atoms with E-state index in [4.69, 9.17) is 0 Å². The summed E-state index contributed by atoms with van der Waals surface area (Å²) in [6, 6.07) is 11.2. The molecule has 134 valence electrons. The molecule has 5 nitrogen and oxygen atoms in total. The van der Waals surface area contributed by atoms with Crippen LogP contribution < -0.4 is 4.90 Å². The normalized spacial score (nSPS) is 16.8. The van der Waals surface area contributed by atoms with E-state index in [1.165, 1.54) is 0 Å². The van der Waals surface area contributed by atoms with Crippen molar-refractivity contribution in [3.63, 3.8) is 0 Å². The SMILES string of the molecule is CC(C)(C)c1ccc(S(=O)(=O)N2CCN(c3ccncc3)CC2)cc1. The van der Waals surface area contributed by atoms with Crippen LogP contribution >= 0.6 is 0 Å². The van der Waals surface area contributed by atoms with E-state index in [0.717, 1.165) is 11.3 Å². The molecule has 0 unspecified atom stereocenters. The van der Waals surface area contributed by atoms with Crippen molar-refractivity contribution >= 4 is 15.7 Å². The average Bonchev–Trinajstić information content (AvgIpc) is 2.62. The molecular weight excluding hydrogens is 334 g/mol. The Bertz CT molecular complexity index is 804. The van der Waals surface area contributed by atoms with E-state index >= 15 is 0 Å². The van der Waals surface area contributed by atoms with Crippen LogP contribution in [0.15, 0.2) is 53.7 Å². The number of benzene rings is 1. The lowest BCUT2D eigenvalue weighted by molar-refractivity contribution is 0.385. The van der Waals surface area contributed by atoms with Gasteiger partial charge in [0.25, 0.3) is 0 Å². The van der Waals surface area contributed by atoms with Gasteiger partial charge in [-0.05, 0) is 35.2 Å². The summed E-state index contributed by atoms with van der Waals surface area (Å²) >= 11 is 0. The second-order valence-electron chi connectivity index (χ2n) is 7.37. The zero-order valence-corrected chi connectivity index (χ0v) is 15.8. The summed E-state index contributed by atoms with van der Waals surface area (Å²) in [4.78, 5) is 6.59. The molecule has 6 heteroatoms. The Morgan fingerprint density at radius 1 is 0.880 bits per heavy atom. The summed E-state index contributed by atoms with van der Waals surface area (Å²) in [5.41, 5.74) is 2.23. The van der Waals surface area contributed by atoms with Crippen LogP contribution in [0, 0.1) is 0 Å². The van der Waals surface area contributed by atoms with E-state index in [9.17, 15) is 8.42 Å². The number of nitrogens with zero attached hydrogens (tertiary/aromatic N) is 3. The molecule has 2 aromatic rings. The number of rotatable bonds is 3. The highest BCUT2D eigenvalue weighted by Gasteiger charge is 2.28. The van der Waals surface area contributed by atoms with Crippen molar-refractivity contribution in [1.29, 1.82) is 0 Å². The fourth-order valence-electron chi connectivity index (χ4n) is 3.02. The third kappa shape index (κ3) is 3.85. The lowest BCUT2D eigenvalue weighted by atomic mass is 9.87. The van der Waals surface area contributed by atoms with E-state index in [1.807, 2.05) is 24.3 Å². The van der Waals surface area contributed by atoms with Gasteiger partial charge in [0.2, 0.25) is 10.0 Å². The predicted molar refractivity (Wildman–Crippen MR) is 100 cm³/mol. The topological polar surface area (TPSA) is 53.5 Å². The first kappa shape index (κ1) is 17.9. The minimum atomic E-state index is -3.44. The first-order valence-corrected chi connectivity index (χ1v) is 9.98. The van der Waals surface area contributed by atoms with Crippen LogP contribution in [0.5, 0.6) is 0 Å². The fraction of sp³-hybridized carbons (Fsp3) is 0.421. The molecule has 0 radical (unpaired) electrons. The zero-order chi connectivity index (χ0) is 18.1. The Morgan fingerprint density at radius 3 is 1.96 bits per heavy atom. The van der Waals surface area contributed by atoms with Gasteiger partial charge >= 0.3 is 0 Å².